The van der Waals surface area contributed by atoms with Crippen molar-refractivity contribution < 1.29 is 4.39 Å². The van der Waals surface area contributed by atoms with Gasteiger partial charge in [-0.05, 0) is 36.1 Å². The summed E-state index contributed by atoms with van der Waals surface area (Å²) in [5, 5.41) is 9.15. The summed E-state index contributed by atoms with van der Waals surface area (Å²) in [6, 6.07) is 9.39. The number of halogens is 1. The van der Waals surface area contributed by atoms with Gasteiger partial charge in [0.15, 0.2) is 0 Å². The van der Waals surface area contributed by atoms with E-state index in [1.807, 2.05) is 12.1 Å². The fourth-order valence-corrected chi connectivity index (χ4v) is 3.66. The SMILES string of the molecule is CC1(C)CC(C#N)=CC1N1CCN(c2ccc(F)cc2)CC1. The van der Waals surface area contributed by atoms with E-state index in [1.54, 1.807) is 0 Å². The topological polar surface area (TPSA) is 30.3 Å². The van der Waals surface area contributed by atoms with Crippen molar-refractivity contribution in [2.75, 3.05) is 31.1 Å². The molecule has 3 nitrogen and oxygen atoms in total. The summed E-state index contributed by atoms with van der Waals surface area (Å²) >= 11 is 0. The van der Waals surface area contributed by atoms with Gasteiger partial charge in [0.2, 0.25) is 0 Å². The molecule has 1 aliphatic heterocycles. The molecule has 0 spiro atoms. The summed E-state index contributed by atoms with van der Waals surface area (Å²) in [6.45, 7) is 8.30. The molecule has 1 fully saturated rings. The lowest BCUT2D eigenvalue weighted by Gasteiger charge is -2.43. The fourth-order valence-electron chi connectivity index (χ4n) is 3.66. The molecule has 4 heteroatoms. The summed E-state index contributed by atoms with van der Waals surface area (Å²) in [5.74, 6) is -0.190. The van der Waals surface area contributed by atoms with E-state index in [1.165, 1.54) is 12.1 Å². The Kier molecular flexibility index (Phi) is 3.92. The van der Waals surface area contributed by atoms with Gasteiger partial charge in [-0.25, -0.2) is 4.39 Å². The van der Waals surface area contributed by atoms with Crippen LogP contribution < -0.4 is 4.90 Å². The number of hydrogen-bond donors (Lipinski definition) is 0. The summed E-state index contributed by atoms with van der Waals surface area (Å²) in [4.78, 5) is 4.77. The maximum Gasteiger partial charge on any atom is 0.123 e. The molecule has 3 rings (SSSR count). The van der Waals surface area contributed by atoms with Crippen LogP contribution in [0.2, 0.25) is 0 Å². The summed E-state index contributed by atoms with van der Waals surface area (Å²) in [5.41, 5.74) is 2.12. The number of nitrogens with zero attached hydrogens (tertiary/aromatic N) is 3. The minimum absolute atomic E-state index is 0.128. The third kappa shape index (κ3) is 2.86. The van der Waals surface area contributed by atoms with E-state index < -0.39 is 0 Å². The predicted octanol–water partition coefficient (Wildman–Crippen LogP) is 3.20. The molecule has 0 saturated carbocycles. The van der Waals surface area contributed by atoms with Crippen molar-refractivity contribution in [1.29, 1.82) is 5.26 Å². The molecule has 1 atom stereocenters. The molecular formula is C18H22FN3. The van der Waals surface area contributed by atoms with Gasteiger partial charge in [0, 0.05) is 43.5 Å². The summed E-state index contributed by atoms with van der Waals surface area (Å²) < 4.78 is 13.0. The van der Waals surface area contributed by atoms with Gasteiger partial charge in [0.25, 0.3) is 0 Å². The first-order valence-electron chi connectivity index (χ1n) is 7.85. The lowest BCUT2D eigenvalue weighted by Crippen LogP contribution is -2.52. The Labute approximate surface area is 131 Å². The van der Waals surface area contributed by atoms with Crippen LogP contribution in [0.25, 0.3) is 0 Å². The fraction of sp³-hybridized carbons (Fsp3) is 0.500. The Bertz CT molecular complexity index is 604. The van der Waals surface area contributed by atoms with E-state index in [-0.39, 0.29) is 11.2 Å². The van der Waals surface area contributed by atoms with Crippen LogP contribution in [0.4, 0.5) is 10.1 Å². The molecule has 0 aromatic heterocycles. The van der Waals surface area contributed by atoms with Crippen LogP contribution >= 0.6 is 0 Å². The molecule has 0 radical (unpaired) electrons. The van der Waals surface area contributed by atoms with E-state index in [9.17, 15) is 4.39 Å². The molecular weight excluding hydrogens is 277 g/mol. The highest BCUT2D eigenvalue weighted by Gasteiger charge is 2.39. The lowest BCUT2D eigenvalue weighted by atomic mass is 9.84. The van der Waals surface area contributed by atoms with Crippen LogP contribution in [0.15, 0.2) is 35.9 Å². The van der Waals surface area contributed by atoms with Crippen LogP contribution in [0.5, 0.6) is 0 Å². The van der Waals surface area contributed by atoms with Gasteiger partial charge in [-0.1, -0.05) is 19.9 Å². The molecule has 0 amide bonds. The van der Waals surface area contributed by atoms with Gasteiger partial charge in [0.05, 0.1) is 6.07 Å². The van der Waals surface area contributed by atoms with Crippen LogP contribution in [0, 0.1) is 22.6 Å². The quantitative estimate of drug-likeness (QED) is 0.840. The molecule has 1 unspecified atom stereocenters. The standard InChI is InChI=1S/C18H22FN3/c1-18(2)12-14(13-20)11-17(18)22-9-7-21(8-10-22)16-5-3-15(19)4-6-16/h3-6,11,17H,7-10,12H2,1-2H3. The molecule has 0 N–H and O–H groups in total. The zero-order chi connectivity index (χ0) is 15.7. The molecule has 0 bridgehead atoms. The lowest BCUT2D eigenvalue weighted by molar-refractivity contribution is 0.127. The average molecular weight is 299 g/mol. The molecule has 1 saturated heterocycles. The number of nitriles is 1. The second-order valence-corrected chi connectivity index (χ2v) is 6.91. The first-order valence-corrected chi connectivity index (χ1v) is 7.85. The molecule has 22 heavy (non-hydrogen) atoms. The van der Waals surface area contributed by atoms with Gasteiger partial charge in [0.1, 0.15) is 5.82 Å². The maximum absolute atomic E-state index is 13.0. The number of piperazine rings is 1. The Hall–Kier alpha value is -1.86. The maximum atomic E-state index is 13.0. The molecule has 116 valence electrons. The van der Waals surface area contributed by atoms with E-state index in [0.717, 1.165) is 43.9 Å². The van der Waals surface area contributed by atoms with Gasteiger partial charge in [-0.3, -0.25) is 4.90 Å². The van der Waals surface area contributed by atoms with Crippen molar-refractivity contribution in [2.24, 2.45) is 5.41 Å². The second-order valence-electron chi connectivity index (χ2n) is 6.91. The molecule has 1 aliphatic carbocycles. The highest BCUT2D eigenvalue weighted by Crippen LogP contribution is 2.40. The number of anilines is 1. The normalized spacial score (nSPS) is 24.9. The molecule has 2 aliphatic rings. The first-order chi connectivity index (χ1) is 10.5. The van der Waals surface area contributed by atoms with Crippen LogP contribution in [-0.4, -0.2) is 37.1 Å². The van der Waals surface area contributed by atoms with Crippen molar-refractivity contribution in [3.05, 3.63) is 41.7 Å². The Morgan fingerprint density at radius 2 is 1.77 bits per heavy atom. The predicted molar refractivity (Wildman–Crippen MR) is 86.1 cm³/mol. The van der Waals surface area contributed by atoms with Gasteiger partial charge < -0.3 is 4.90 Å². The largest absolute Gasteiger partial charge is 0.369 e. The minimum Gasteiger partial charge on any atom is -0.369 e. The molecule has 1 heterocycles. The van der Waals surface area contributed by atoms with Crippen molar-refractivity contribution in [3.8, 4) is 6.07 Å². The zero-order valence-corrected chi connectivity index (χ0v) is 13.2. The van der Waals surface area contributed by atoms with E-state index >= 15 is 0 Å². The van der Waals surface area contributed by atoms with Crippen molar-refractivity contribution in [1.82, 2.24) is 4.90 Å². The summed E-state index contributed by atoms with van der Waals surface area (Å²) in [6.07, 6.45) is 3.01. The van der Waals surface area contributed by atoms with Crippen molar-refractivity contribution >= 4 is 5.69 Å². The van der Waals surface area contributed by atoms with Crippen molar-refractivity contribution in [2.45, 2.75) is 26.3 Å². The Morgan fingerprint density at radius 1 is 1.14 bits per heavy atom. The number of hydrogen-bond acceptors (Lipinski definition) is 3. The number of allylic oxidation sites excluding steroid dienone is 1. The Balaban J connectivity index is 1.66. The molecule has 1 aromatic rings. The smallest absolute Gasteiger partial charge is 0.123 e. The highest BCUT2D eigenvalue weighted by molar-refractivity contribution is 5.46. The zero-order valence-electron chi connectivity index (χ0n) is 13.2. The van der Waals surface area contributed by atoms with Gasteiger partial charge >= 0.3 is 0 Å². The highest BCUT2D eigenvalue weighted by atomic mass is 19.1. The molecule has 1 aromatic carbocycles. The average Bonchev–Trinajstić information content (AvgIpc) is 2.83. The first kappa shape index (κ1) is 15.1. The van der Waals surface area contributed by atoms with E-state index in [2.05, 4.69) is 35.8 Å². The third-order valence-corrected chi connectivity index (χ3v) is 4.85. The summed E-state index contributed by atoms with van der Waals surface area (Å²) in [7, 11) is 0. The number of rotatable bonds is 2. The van der Waals surface area contributed by atoms with Crippen LogP contribution in [0.3, 0.4) is 0 Å². The van der Waals surface area contributed by atoms with E-state index in [0.29, 0.717) is 6.04 Å². The van der Waals surface area contributed by atoms with Gasteiger partial charge in [-0.2, -0.15) is 5.26 Å². The van der Waals surface area contributed by atoms with Gasteiger partial charge in [-0.15, -0.1) is 0 Å². The van der Waals surface area contributed by atoms with Crippen LogP contribution in [-0.2, 0) is 0 Å². The Morgan fingerprint density at radius 3 is 2.32 bits per heavy atom. The monoisotopic (exact) mass is 299 g/mol. The van der Waals surface area contributed by atoms with Crippen molar-refractivity contribution in [3.63, 3.8) is 0 Å². The van der Waals surface area contributed by atoms with Crippen LogP contribution in [0.1, 0.15) is 20.3 Å². The second kappa shape index (κ2) is 5.73. The minimum atomic E-state index is -0.190. The third-order valence-electron chi connectivity index (χ3n) is 4.85. The number of benzene rings is 1. The van der Waals surface area contributed by atoms with E-state index in [4.69, 9.17) is 5.26 Å².